The van der Waals surface area contributed by atoms with Gasteiger partial charge in [-0.05, 0) is 69.1 Å². The first-order chi connectivity index (χ1) is 20.0. The molecule has 5 aliphatic heterocycles. The molecular formula is C33H34N4O5. The molecule has 6 rings (SSSR count). The fraction of sp³-hybridized carbons (Fsp3) is 0.364. The fourth-order valence-corrected chi connectivity index (χ4v) is 6.69. The Hall–Kier alpha value is -4.37. The summed E-state index contributed by atoms with van der Waals surface area (Å²) in [5.74, 6) is -0.352. The number of nitrogens with one attached hydrogen (secondary N) is 1. The second-order valence-corrected chi connectivity index (χ2v) is 11.5. The van der Waals surface area contributed by atoms with Crippen molar-refractivity contribution in [1.29, 1.82) is 0 Å². The maximum Gasteiger partial charge on any atom is 0.305 e. The predicted molar refractivity (Wildman–Crippen MR) is 161 cm³/mol. The number of hydrogen-bond acceptors (Lipinski definition) is 9. The van der Waals surface area contributed by atoms with Gasteiger partial charge in [-0.25, -0.2) is 15.0 Å². The molecule has 9 heteroatoms. The summed E-state index contributed by atoms with van der Waals surface area (Å²) in [5.41, 5.74) is 10.7. The van der Waals surface area contributed by atoms with Crippen molar-refractivity contribution in [3.63, 3.8) is 0 Å². The van der Waals surface area contributed by atoms with E-state index in [9.17, 15) is 19.8 Å². The number of nitrogens with zero attached hydrogens (tertiary/aromatic N) is 3. The number of fused-ring (bicyclic) bond motifs is 5. The number of carbonyl (C=O) groups excluding carboxylic acids is 2. The summed E-state index contributed by atoms with van der Waals surface area (Å²) in [5, 5.41) is 24.5. The molecular weight excluding hydrogens is 532 g/mol. The van der Waals surface area contributed by atoms with E-state index in [1.807, 2.05) is 32.9 Å². The van der Waals surface area contributed by atoms with Crippen LogP contribution in [0.4, 0.5) is 0 Å². The Balaban J connectivity index is 1.61. The van der Waals surface area contributed by atoms with Gasteiger partial charge in [-0.3, -0.25) is 9.59 Å². The van der Waals surface area contributed by atoms with Gasteiger partial charge >= 0.3 is 5.97 Å². The van der Waals surface area contributed by atoms with Crippen molar-refractivity contribution in [1.82, 2.24) is 5.32 Å². The van der Waals surface area contributed by atoms with E-state index in [0.29, 0.717) is 57.4 Å². The van der Waals surface area contributed by atoms with Crippen molar-refractivity contribution < 1.29 is 24.5 Å². The summed E-state index contributed by atoms with van der Waals surface area (Å²) in [6.07, 6.45) is 6.92. The SMILES string of the molecule is COC(=O)CC[C@@H]1C2=C3CC(=O)C4=C(C)C(=CC5=NC(=C(C)/C5=C\O)C=C5N=C(C=C(N2)[C@H]1C)C(C)=C5[C@H](C)O)N=C34. The lowest BCUT2D eigenvalue weighted by Crippen LogP contribution is -2.15. The first-order valence-corrected chi connectivity index (χ1v) is 14.2. The molecule has 8 bridgehead atoms. The second kappa shape index (κ2) is 10.2. The average molecular weight is 567 g/mol. The molecule has 0 aromatic heterocycles. The van der Waals surface area contributed by atoms with Crippen molar-refractivity contribution in [3.8, 4) is 0 Å². The van der Waals surface area contributed by atoms with Gasteiger partial charge in [-0.15, -0.1) is 0 Å². The largest absolute Gasteiger partial charge is 0.515 e. The number of allylic oxidation sites excluding steroid dienone is 11. The van der Waals surface area contributed by atoms with Crippen LogP contribution in [0.2, 0.25) is 0 Å². The monoisotopic (exact) mass is 566 g/mol. The summed E-state index contributed by atoms with van der Waals surface area (Å²) >= 11 is 0. The maximum absolute atomic E-state index is 13.4. The number of ketones is 1. The summed E-state index contributed by atoms with van der Waals surface area (Å²) in [7, 11) is 1.39. The average Bonchev–Trinajstić information content (AvgIpc) is 3.70. The van der Waals surface area contributed by atoms with Crippen LogP contribution in [0.5, 0.6) is 0 Å². The molecule has 216 valence electrons. The molecule has 3 N–H and O–H groups in total. The number of Topliss-reactive ketones (excluding diaryl/α,β-unsaturated/α-hetero) is 1. The van der Waals surface area contributed by atoms with E-state index in [2.05, 4.69) is 12.2 Å². The highest BCUT2D eigenvalue weighted by atomic mass is 16.5. The van der Waals surface area contributed by atoms with Gasteiger partial charge < -0.3 is 20.3 Å². The van der Waals surface area contributed by atoms with Crippen molar-refractivity contribution in [2.75, 3.05) is 7.11 Å². The maximum atomic E-state index is 13.4. The zero-order chi connectivity index (χ0) is 30.0. The number of aliphatic imine (C=N–C) groups is 3. The van der Waals surface area contributed by atoms with E-state index in [1.54, 1.807) is 13.0 Å². The lowest BCUT2D eigenvalue weighted by atomic mass is 9.86. The summed E-state index contributed by atoms with van der Waals surface area (Å²) < 4.78 is 4.93. The quantitative estimate of drug-likeness (QED) is 0.331. The third-order valence-electron chi connectivity index (χ3n) is 9.08. The van der Waals surface area contributed by atoms with Crippen LogP contribution in [-0.2, 0) is 14.3 Å². The highest BCUT2D eigenvalue weighted by Crippen LogP contribution is 2.45. The topological polar surface area (TPSA) is 133 Å². The molecule has 0 aromatic carbocycles. The van der Waals surface area contributed by atoms with Crippen LogP contribution in [0.1, 0.15) is 53.9 Å². The van der Waals surface area contributed by atoms with Crippen LogP contribution in [0.15, 0.2) is 107 Å². The van der Waals surface area contributed by atoms with Gasteiger partial charge in [0.15, 0.2) is 5.78 Å². The van der Waals surface area contributed by atoms with Crippen molar-refractivity contribution in [3.05, 3.63) is 92.0 Å². The molecule has 2 fully saturated rings. The van der Waals surface area contributed by atoms with Gasteiger partial charge in [0.25, 0.3) is 0 Å². The zero-order valence-electron chi connectivity index (χ0n) is 24.6. The Kier molecular flexibility index (Phi) is 6.73. The number of carbonyl (C=O) groups is 2. The molecule has 6 aliphatic rings. The number of esters is 1. The van der Waals surface area contributed by atoms with Crippen LogP contribution >= 0.6 is 0 Å². The lowest BCUT2D eigenvalue weighted by molar-refractivity contribution is -0.140. The fourth-order valence-electron chi connectivity index (χ4n) is 6.69. The Morgan fingerprint density at radius 3 is 2.55 bits per heavy atom. The van der Waals surface area contributed by atoms with E-state index in [4.69, 9.17) is 19.7 Å². The van der Waals surface area contributed by atoms with E-state index in [0.717, 1.165) is 39.9 Å². The van der Waals surface area contributed by atoms with Gasteiger partial charge in [0.2, 0.25) is 0 Å². The number of rotatable bonds is 4. The van der Waals surface area contributed by atoms with Crippen molar-refractivity contribution in [2.24, 2.45) is 26.8 Å². The van der Waals surface area contributed by atoms with Crippen LogP contribution in [0.25, 0.3) is 0 Å². The first kappa shape index (κ1) is 27.8. The van der Waals surface area contributed by atoms with Gasteiger partial charge in [0, 0.05) is 58.4 Å². The molecule has 1 saturated heterocycles. The van der Waals surface area contributed by atoms with Crippen LogP contribution in [-0.4, -0.2) is 52.3 Å². The highest BCUT2D eigenvalue weighted by Gasteiger charge is 2.43. The predicted octanol–water partition coefficient (Wildman–Crippen LogP) is 4.78. The van der Waals surface area contributed by atoms with Gasteiger partial charge in [0.05, 0.1) is 53.7 Å². The van der Waals surface area contributed by atoms with E-state index in [1.165, 1.54) is 7.11 Å². The number of hydrogen-bond donors (Lipinski definition) is 3. The smallest absolute Gasteiger partial charge is 0.305 e. The third kappa shape index (κ3) is 4.22. The third-order valence-corrected chi connectivity index (χ3v) is 9.08. The number of aliphatic hydroxyl groups excluding tert-OH is 2. The van der Waals surface area contributed by atoms with Gasteiger partial charge in [-0.2, -0.15) is 0 Å². The Labute approximate surface area is 244 Å². The van der Waals surface area contributed by atoms with Crippen molar-refractivity contribution >= 4 is 28.9 Å². The van der Waals surface area contributed by atoms with Crippen molar-refractivity contribution in [2.45, 2.75) is 60.0 Å². The number of ether oxygens (including phenoxy) is 1. The minimum atomic E-state index is -0.764. The lowest BCUT2D eigenvalue weighted by Gasteiger charge is -2.17. The summed E-state index contributed by atoms with van der Waals surface area (Å²) in [4.78, 5) is 40.2. The minimum Gasteiger partial charge on any atom is -0.515 e. The normalized spacial score (nSPS) is 26.5. The molecule has 3 atom stereocenters. The molecule has 0 spiro atoms. The Bertz CT molecular complexity index is 1710. The molecule has 9 nitrogen and oxygen atoms in total. The van der Waals surface area contributed by atoms with E-state index >= 15 is 0 Å². The molecule has 42 heavy (non-hydrogen) atoms. The Morgan fingerprint density at radius 2 is 1.86 bits per heavy atom. The molecule has 1 aliphatic carbocycles. The second-order valence-electron chi connectivity index (χ2n) is 11.5. The molecule has 0 unspecified atom stereocenters. The van der Waals surface area contributed by atoms with Crippen LogP contribution in [0.3, 0.4) is 0 Å². The van der Waals surface area contributed by atoms with Crippen LogP contribution in [0, 0.1) is 11.8 Å². The van der Waals surface area contributed by atoms with Crippen LogP contribution < -0.4 is 5.32 Å². The molecule has 0 aromatic rings. The van der Waals surface area contributed by atoms with Gasteiger partial charge in [-0.1, -0.05) is 6.92 Å². The molecule has 0 radical (unpaired) electrons. The first-order valence-electron chi connectivity index (χ1n) is 14.2. The van der Waals surface area contributed by atoms with E-state index in [-0.39, 0.29) is 36.4 Å². The Morgan fingerprint density at radius 1 is 1.10 bits per heavy atom. The number of methoxy groups -OCH3 is 1. The van der Waals surface area contributed by atoms with Gasteiger partial charge in [0.1, 0.15) is 0 Å². The minimum absolute atomic E-state index is 0.00335. The summed E-state index contributed by atoms with van der Waals surface area (Å²) in [6.45, 7) is 9.53. The molecule has 0 amide bonds. The number of aliphatic hydroxyl groups is 2. The standard InChI is InChI=1S/C33H34N4O5/c1-14-19(7-8-29(41)42-6)32-20-9-28(40)31-17(4)25(37-33(20)31)11-26-21(13-38)15(2)22(34-26)12-27-30(18(5)39)16(3)24(35-27)10-23(14)36-32/h10-14,18-19,36,38-39H,7-9H2,1-6H3/b21-13+,23-10?,25-11?,27-12?,32-20?/t14-,18-,19-/m0/s1. The highest BCUT2D eigenvalue weighted by molar-refractivity contribution is 6.38. The van der Waals surface area contributed by atoms with E-state index < -0.39 is 6.10 Å². The summed E-state index contributed by atoms with van der Waals surface area (Å²) in [6, 6.07) is 0. The molecule has 5 heterocycles. The molecule has 1 saturated carbocycles. The zero-order valence-corrected chi connectivity index (χ0v) is 24.6.